The first-order valence-electron chi connectivity index (χ1n) is 10.1. The van der Waals surface area contributed by atoms with E-state index in [-0.39, 0.29) is 29.9 Å². The van der Waals surface area contributed by atoms with Crippen molar-refractivity contribution in [2.45, 2.75) is 64.1 Å². The van der Waals surface area contributed by atoms with Gasteiger partial charge in [0.15, 0.2) is 0 Å². The van der Waals surface area contributed by atoms with Crippen LogP contribution in [0.5, 0.6) is 0 Å². The molecule has 0 aromatic heterocycles. The Labute approximate surface area is 183 Å². The third-order valence-corrected chi connectivity index (χ3v) is 5.53. The van der Waals surface area contributed by atoms with Gasteiger partial charge in [-0.05, 0) is 63.9 Å². The minimum absolute atomic E-state index is 0.124. The van der Waals surface area contributed by atoms with Gasteiger partial charge in [0.25, 0.3) is 0 Å². The first-order chi connectivity index (χ1) is 14.1. The SMILES string of the molecule is CC[C@@H](C(=O)NC(C)(C)C)N(Cc1ccc(F)cc1)C(=O)CSc1ccc(C)cc1. The number of carbonyl (C=O) groups is 2. The van der Waals surface area contributed by atoms with E-state index in [0.717, 1.165) is 16.0 Å². The summed E-state index contributed by atoms with van der Waals surface area (Å²) >= 11 is 1.45. The van der Waals surface area contributed by atoms with Crippen LogP contribution in [-0.2, 0) is 16.1 Å². The van der Waals surface area contributed by atoms with Crippen LogP contribution in [0.4, 0.5) is 4.39 Å². The molecule has 0 aliphatic rings. The molecule has 0 heterocycles. The maximum absolute atomic E-state index is 13.3. The van der Waals surface area contributed by atoms with Gasteiger partial charge < -0.3 is 10.2 Å². The number of halogens is 1. The summed E-state index contributed by atoms with van der Waals surface area (Å²) in [6.07, 6.45) is 0.490. The second-order valence-electron chi connectivity index (χ2n) is 8.41. The highest BCUT2D eigenvalue weighted by Crippen LogP contribution is 2.21. The van der Waals surface area contributed by atoms with E-state index in [1.54, 1.807) is 17.0 Å². The quantitative estimate of drug-likeness (QED) is 0.603. The van der Waals surface area contributed by atoms with Gasteiger partial charge in [0.2, 0.25) is 11.8 Å². The predicted octanol–water partition coefficient (Wildman–Crippen LogP) is 4.95. The highest BCUT2D eigenvalue weighted by atomic mass is 32.2. The lowest BCUT2D eigenvalue weighted by Crippen LogP contribution is -2.53. The fraction of sp³-hybridized carbons (Fsp3) is 0.417. The molecule has 4 nitrogen and oxygen atoms in total. The van der Waals surface area contributed by atoms with Crippen molar-refractivity contribution in [1.82, 2.24) is 10.2 Å². The molecule has 0 aliphatic carbocycles. The maximum atomic E-state index is 13.3. The molecule has 0 aliphatic heterocycles. The largest absolute Gasteiger partial charge is 0.350 e. The molecule has 0 fully saturated rings. The summed E-state index contributed by atoms with van der Waals surface area (Å²) in [7, 11) is 0. The Kier molecular flexibility index (Phi) is 8.47. The van der Waals surface area contributed by atoms with Gasteiger partial charge in [-0.2, -0.15) is 0 Å². The molecule has 2 aromatic carbocycles. The van der Waals surface area contributed by atoms with Crippen LogP contribution >= 0.6 is 11.8 Å². The number of nitrogens with one attached hydrogen (secondary N) is 1. The minimum atomic E-state index is -0.597. The van der Waals surface area contributed by atoms with Gasteiger partial charge in [-0.15, -0.1) is 11.8 Å². The van der Waals surface area contributed by atoms with E-state index < -0.39 is 11.6 Å². The second-order valence-corrected chi connectivity index (χ2v) is 9.46. The Balaban J connectivity index is 2.21. The van der Waals surface area contributed by atoms with Gasteiger partial charge in [0, 0.05) is 17.0 Å². The van der Waals surface area contributed by atoms with Crippen molar-refractivity contribution < 1.29 is 14.0 Å². The zero-order chi connectivity index (χ0) is 22.3. The molecular formula is C24H31FN2O2S. The molecule has 0 saturated heterocycles. The lowest BCUT2D eigenvalue weighted by Gasteiger charge is -2.33. The van der Waals surface area contributed by atoms with Crippen molar-refractivity contribution in [2.24, 2.45) is 0 Å². The Hall–Kier alpha value is -2.34. The lowest BCUT2D eigenvalue weighted by atomic mass is 10.1. The summed E-state index contributed by atoms with van der Waals surface area (Å²) in [4.78, 5) is 28.7. The Morgan fingerprint density at radius 1 is 1.07 bits per heavy atom. The first kappa shape index (κ1) is 23.9. The number of hydrogen-bond donors (Lipinski definition) is 1. The zero-order valence-corrected chi connectivity index (χ0v) is 19.2. The Morgan fingerprint density at radius 3 is 2.20 bits per heavy atom. The van der Waals surface area contributed by atoms with Crippen LogP contribution in [0.1, 0.15) is 45.2 Å². The maximum Gasteiger partial charge on any atom is 0.243 e. The number of carbonyl (C=O) groups excluding carboxylic acids is 2. The molecule has 0 radical (unpaired) electrons. The van der Waals surface area contributed by atoms with Crippen molar-refractivity contribution in [1.29, 1.82) is 0 Å². The highest BCUT2D eigenvalue weighted by molar-refractivity contribution is 8.00. The molecular weight excluding hydrogens is 399 g/mol. The van der Waals surface area contributed by atoms with Gasteiger partial charge in [0.1, 0.15) is 11.9 Å². The number of nitrogens with zero attached hydrogens (tertiary/aromatic N) is 1. The standard InChI is InChI=1S/C24H31FN2O2S/c1-6-21(23(29)26-24(3,4)5)27(15-18-9-11-19(25)12-10-18)22(28)16-30-20-13-7-17(2)8-14-20/h7-14,21H,6,15-16H2,1-5H3,(H,26,29)/t21-/m0/s1. The van der Waals surface area contributed by atoms with Crippen molar-refractivity contribution in [3.05, 3.63) is 65.5 Å². The van der Waals surface area contributed by atoms with Gasteiger partial charge in [-0.25, -0.2) is 4.39 Å². The summed E-state index contributed by atoms with van der Waals surface area (Å²) in [6, 6.07) is 13.4. The number of amides is 2. The van der Waals surface area contributed by atoms with Crippen LogP contribution in [-0.4, -0.2) is 34.0 Å². The fourth-order valence-electron chi connectivity index (χ4n) is 3.02. The summed E-state index contributed by atoms with van der Waals surface area (Å²) in [5.41, 5.74) is 1.55. The van der Waals surface area contributed by atoms with E-state index in [1.807, 2.05) is 58.9 Å². The molecule has 0 unspecified atom stereocenters. The minimum Gasteiger partial charge on any atom is -0.350 e. The summed E-state index contributed by atoms with van der Waals surface area (Å²) in [5, 5.41) is 2.98. The smallest absolute Gasteiger partial charge is 0.243 e. The second kappa shape index (κ2) is 10.6. The summed E-state index contributed by atoms with van der Waals surface area (Å²) in [6.45, 7) is 9.91. The van der Waals surface area contributed by atoms with Crippen molar-refractivity contribution in [3.63, 3.8) is 0 Å². The number of thioether (sulfide) groups is 1. The molecule has 0 saturated carbocycles. The molecule has 1 atom stereocenters. The van der Waals surface area contributed by atoms with E-state index in [1.165, 1.54) is 23.9 Å². The average molecular weight is 431 g/mol. The normalized spacial score (nSPS) is 12.3. The zero-order valence-electron chi connectivity index (χ0n) is 18.4. The molecule has 2 amide bonds. The van der Waals surface area contributed by atoms with Gasteiger partial charge in [-0.1, -0.05) is 36.8 Å². The molecule has 0 spiro atoms. The molecule has 0 bridgehead atoms. The number of rotatable bonds is 8. The monoisotopic (exact) mass is 430 g/mol. The predicted molar refractivity (Wildman–Crippen MR) is 121 cm³/mol. The van der Waals surface area contributed by atoms with Crippen LogP contribution in [0, 0.1) is 12.7 Å². The van der Waals surface area contributed by atoms with Gasteiger partial charge in [0.05, 0.1) is 5.75 Å². The molecule has 2 rings (SSSR count). The van der Waals surface area contributed by atoms with E-state index >= 15 is 0 Å². The lowest BCUT2D eigenvalue weighted by molar-refractivity contribution is -0.140. The fourth-order valence-corrected chi connectivity index (χ4v) is 3.81. The summed E-state index contributed by atoms with van der Waals surface area (Å²) in [5.74, 6) is -0.408. The Morgan fingerprint density at radius 2 is 1.67 bits per heavy atom. The number of benzene rings is 2. The van der Waals surface area contributed by atoms with Crippen molar-refractivity contribution >= 4 is 23.6 Å². The third-order valence-electron chi connectivity index (χ3n) is 4.53. The van der Waals surface area contributed by atoms with Crippen LogP contribution in [0.2, 0.25) is 0 Å². The highest BCUT2D eigenvalue weighted by Gasteiger charge is 2.30. The first-order valence-corrected chi connectivity index (χ1v) is 11.1. The third kappa shape index (κ3) is 7.48. The molecule has 2 aromatic rings. The Bertz CT molecular complexity index is 845. The van der Waals surface area contributed by atoms with Crippen molar-refractivity contribution in [3.8, 4) is 0 Å². The molecule has 162 valence electrons. The van der Waals surface area contributed by atoms with Crippen LogP contribution < -0.4 is 5.32 Å². The topological polar surface area (TPSA) is 49.4 Å². The number of hydrogen-bond acceptors (Lipinski definition) is 3. The van der Waals surface area contributed by atoms with E-state index in [0.29, 0.717) is 6.42 Å². The average Bonchev–Trinajstić information content (AvgIpc) is 2.67. The van der Waals surface area contributed by atoms with Crippen LogP contribution in [0.25, 0.3) is 0 Å². The van der Waals surface area contributed by atoms with Gasteiger partial charge in [-0.3, -0.25) is 9.59 Å². The van der Waals surface area contributed by atoms with E-state index in [4.69, 9.17) is 0 Å². The van der Waals surface area contributed by atoms with E-state index in [2.05, 4.69) is 5.32 Å². The molecule has 6 heteroatoms. The molecule has 1 N–H and O–H groups in total. The van der Waals surface area contributed by atoms with Crippen molar-refractivity contribution in [2.75, 3.05) is 5.75 Å². The van der Waals surface area contributed by atoms with E-state index in [9.17, 15) is 14.0 Å². The number of aryl methyl sites for hydroxylation is 1. The van der Waals surface area contributed by atoms with Crippen LogP contribution in [0.3, 0.4) is 0 Å². The van der Waals surface area contributed by atoms with Crippen LogP contribution in [0.15, 0.2) is 53.4 Å². The summed E-state index contributed by atoms with van der Waals surface area (Å²) < 4.78 is 13.3. The molecule has 30 heavy (non-hydrogen) atoms. The van der Waals surface area contributed by atoms with Gasteiger partial charge >= 0.3 is 0 Å².